The lowest BCUT2D eigenvalue weighted by atomic mass is 9.91. The van der Waals surface area contributed by atoms with E-state index in [1.54, 1.807) is 0 Å². The highest BCUT2D eigenvalue weighted by atomic mass is 15.1. The molecule has 0 spiro atoms. The molecule has 0 saturated heterocycles. The van der Waals surface area contributed by atoms with Gasteiger partial charge in [-0.3, -0.25) is 0 Å². The van der Waals surface area contributed by atoms with Crippen LogP contribution in [0.1, 0.15) is 0 Å². The number of hydrogen-bond acceptors (Lipinski definition) is 2. The second-order valence-corrected chi connectivity index (χ2v) is 14.6. The van der Waals surface area contributed by atoms with Crippen molar-refractivity contribution in [3.05, 3.63) is 243 Å². The second kappa shape index (κ2) is 15.5. The van der Waals surface area contributed by atoms with Gasteiger partial charge in [0.05, 0.1) is 5.69 Å². The van der Waals surface area contributed by atoms with Crippen molar-refractivity contribution in [1.82, 2.24) is 0 Å². The van der Waals surface area contributed by atoms with Gasteiger partial charge >= 0.3 is 0 Å². The van der Waals surface area contributed by atoms with Gasteiger partial charge < -0.3 is 9.80 Å². The minimum absolute atomic E-state index is 1.10. The highest BCUT2D eigenvalue weighted by Crippen LogP contribution is 2.43. The molecule has 0 amide bonds. The average molecular weight is 741 g/mol. The molecule has 0 atom stereocenters. The molecule has 274 valence electrons. The maximum absolute atomic E-state index is 2.38. The summed E-state index contributed by atoms with van der Waals surface area (Å²) in [6.45, 7) is 0. The molecule has 2 heteroatoms. The van der Waals surface area contributed by atoms with E-state index in [1.807, 2.05) is 0 Å². The molecule has 0 saturated carbocycles. The Bertz CT molecular complexity index is 2910. The van der Waals surface area contributed by atoms with Gasteiger partial charge in [-0.25, -0.2) is 0 Å². The monoisotopic (exact) mass is 740 g/mol. The van der Waals surface area contributed by atoms with Gasteiger partial charge in [0.25, 0.3) is 0 Å². The number of nitrogens with zero attached hydrogens (tertiary/aromatic N) is 2. The van der Waals surface area contributed by atoms with Gasteiger partial charge in [-0.15, -0.1) is 0 Å². The summed E-state index contributed by atoms with van der Waals surface area (Å²) in [7, 11) is 0. The summed E-state index contributed by atoms with van der Waals surface area (Å²) in [5.74, 6) is 0. The predicted molar refractivity (Wildman–Crippen MR) is 247 cm³/mol. The van der Waals surface area contributed by atoms with Crippen LogP contribution >= 0.6 is 0 Å². The van der Waals surface area contributed by atoms with Crippen molar-refractivity contribution >= 4 is 55.7 Å². The first kappa shape index (κ1) is 34.8. The average Bonchev–Trinajstić information content (AvgIpc) is 3.31. The maximum Gasteiger partial charge on any atom is 0.0540 e. The molecule has 0 aliphatic rings. The van der Waals surface area contributed by atoms with Gasteiger partial charge in [0.1, 0.15) is 0 Å². The minimum Gasteiger partial charge on any atom is -0.311 e. The first-order chi connectivity index (χ1) is 28.8. The van der Waals surface area contributed by atoms with Crippen LogP contribution in [0.4, 0.5) is 34.1 Å². The van der Waals surface area contributed by atoms with Crippen molar-refractivity contribution in [1.29, 1.82) is 0 Å². The van der Waals surface area contributed by atoms with Crippen LogP contribution in [0.25, 0.3) is 54.9 Å². The topological polar surface area (TPSA) is 6.48 Å². The lowest BCUT2D eigenvalue weighted by molar-refractivity contribution is 1.28. The molecule has 0 heterocycles. The fraction of sp³-hybridized carbons (Fsp3) is 0. The van der Waals surface area contributed by atoms with E-state index < -0.39 is 0 Å². The Balaban J connectivity index is 1.04. The van der Waals surface area contributed by atoms with Crippen LogP contribution < -0.4 is 9.80 Å². The first-order valence-corrected chi connectivity index (χ1v) is 19.8. The van der Waals surface area contributed by atoms with E-state index in [4.69, 9.17) is 0 Å². The standard InChI is InChI=1S/C56H40N2/c1-4-15-41(16-5-1)42-29-35-50(36-30-42)58(55-28-14-18-43-17-10-11-25-52(43)55)51-39-33-45(34-40-51)54-27-13-20-46-19-12-26-53(56(46)54)44-31-37-49(38-32-44)57(47-21-6-2-7-22-47)48-23-8-3-9-24-48/h1-40H. The first-order valence-electron chi connectivity index (χ1n) is 19.8. The van der Waals surface area contributed by atoms with Crippen LogP contribution in [0, 0.1) is 0 Å². The summed E-state index contributed by atoms with van der Waals surface area (Å²) < 4.78 is 0. The molecule has 0 aromatic heterocycles. The zero-order valence-corrected chi connectivity index (χ0v) is 32.0. The number of hydrogen-bond donors (Lipinski definition) is 0. The molecule has 0 aliphatic heterocycles. The fourth-order valence-corrected chi connectivity index (χ4v) is 8.27. The molecule has 0 radical (unpaired) electrons. The van der Waals surface area contributed by atoms with Crippen LogP contribution in [0.5, 0.6) is 0 Å². The molecule has 0 N–H and O–H groups in total. The summed E-state index contributed by atoms with van der Waals surface area (Å²) in [6.07, 6.45) is 0. The normalized spacial score (nSPS) is 11.1. The SMILES string of the molecule is c1ccc(-c2ccc(N(c3ccc(-c4cccc5cccc(-c6ccc(N(c7ccccc7)c7ccccc7)cc6)c45)cc3)c3cccc4ccccc34)cc2)cc1. The zero-order chi connectivity index (χ0) is 38.7. The zero-order valence-electron chi connectivity index (χ0n) is 32.0. The highest BCUT2D eigenvalue weighted by molar-refractivity contribution is 6.07. The van der Waals surface area contributed by atoms with Gasteiger partial charge in [0, 0.05) is 33.8 Å². The number of benzene rings is 10. The molecule has 0 aliphatic carbocycles. The van der Waals surface area contributed by atoms with Gasteiger partial charge in [0.15, 0.2) is 0 Å². The van der Waals surface area contributed by atoms with E-state index in [0.717, 1.165) is 34.1 Å². The van der Waals surface area contributed by atoms with Gasteiger partial charge in [0.2, 0.25) is 0 Å². The number of rotatable bonds is 9. The quantitative estimate of drug-likeness (QED) is 0.145. The third kappa shape index (κ3) is 6.67. The van der Waals surface area contributed by atoms with Gasteiger partial charge in [-0.05, 0) is 116 Å². The Labute approximate surface area is 340 Å². The Kier molecular flexibility index (Phi) is 9.27. The van der Waals surface area contributed by atoms with Crippen LogP contribution in [-0.4, -0.2) is 0 Å². The lowest BCUT2D eigenvalue weighted by Crippen LogP contribution is -2.10. The Morgan fingerprint density at radius 2 is 0.603 bits per heavy atom. The largest absolute Gasteiger partial charge is 0.311 e. The molecule has 58 heavy (non-hydrogen) atoms. The van der Waals surface area contributed by atoms with Crippen molar-refractivity contribution < 1.29 is 0 Å². The Morgan fingerprint density at radius 3 is 1.16 bits per heavy atom. The van der Waals surface area contributed by atoms with Gasteiger partial charge in [-0.1, -0.05) is 176 Å². The van der Waals surface area contributed by atoms with E-state index in [1.165, 1.54) is 54.9 Å². The van der Waals surface area contributed by atoms with Crippen molar-refractivity contribution in [2.75, 3.05) is 9.80 Å². The molecule has 0 bridgehead atoms. The molecular formula is C56H40N2. The summed E-state index contributed by atoms with van der Waals surface area (Å²) in [6, 6.07) is 87.2. The molecule has 0 unspecified atom stereocenters. The van der Waals surface area contributed by atoms with Gasteiger partial charge in [-0.2, -0.15) is 0 Å². The smallest absolute Gasteiger partial charge is 0.0540 e. The molecule has 10 aromatic carbocycles. The predicted octanol–water partition coefficient (Wildman–Crippen LogP) is 15.9. The Hall–Kier alpha value is -7.68. The van der Waals surface area contributed by atoms with Crippen molar-refractivity contribution in [3.8, 4) is 33.4 Å². The van der Waals surface area contributed by atoms with Crippen LogP contribution in [0.2, 0.25) is 0 Å². The molecule has 2 nitrogen and oxygen atoms in total. The lowest BCUT2D eigenvalue weighted by Gasteiger charge is -2.27. The van der Waals surface area contributed by atoms with Crippen LogP contribution in [0.3, 0.4) is 0 Å². The number of fused-ring (bicyclic) bond motifs is 2. The second-order valence-electron chi connectivity index (χ2n) is 14.6. The highest BCUT2D eigenvalue weighted by Gasteiger charge is 2.18. The van der Waals surface area contributed by atoms with E-state index in [2.05, 4.69) is 252 Å². The molecule has 10 aromatic rings. The van der Waals surface area contributed by atoms with E-state index in [0.29, 0.717) is 0 Å². The maximum atomic E-state index is 2.38. The molecule has 0 fully saturated rings. The van der Waals surface area contributed by atoms with E-state index in [-0.39, 0.29) is 0 Å². The molecular weight excluding hydrogens is 701 g/mol. The minimum atomic E-state index is 1.10. The third-order valence-corrected chi connectivity index (χ3v) is 11.0. The third-order valence-electron chi connectivity index (χ3n) is 11.0. The van der Waals surface area contributed by atoms with Crippen LogP contribution in [0.15, 0.2) is 243 Å². The summed E-state index contributed by atoms with van der Waals surface area (Å²) in [5, 5.41) is 4.89. The van der Waals surface area contributed by atoms with E-state index >= 15 is 0 Å². The van der Waals surface area contributed by atoms with Crippen molar-refractivity contribution in [2.45, 2.75) is 0 Å². The van der Waals surface area contributed by atoms with E-state index in [9.17, 15) is 0 Å². The summed E-state index contributed by atoms with van der Waals surface area (Å²) in [5.41, 5.74) is 13.9. The number of anilines is 6. The Morgan fingerprint density at radius 1 is 0.224 bits per heavy atom. The molecule has 10 rings (SSSR count). The summed E-state index contributed by atoms with van der Waals surface area (Å²) in [4.78, 5) is 4.68. The summed E-state index contributed by atoms with van der Waals surface area (Å²) >= 11 is 0. The number of para-hydroxylation sites is 2. The fourth-order valence-electron chi connectivity index (χ4n) is 8.27. The van der Waals surface area contributed by atoms with Crippen molar-refractivity contribution in [2.24, 2.45) is 0 Å². The van der Waals surface area contributed by atoms with Crippen LogP contribution in [-0.2, 0) is 0 Å². The van der Waals surface area contributed by atoms with Crippen molar-refractivity contribution in [3.63, 3.8) is 0 Å².